The highest BCUT2D eigenvalue weighted by molar-refractivity contribution is 5.99. The third kappa shape index (κ3) is 2.02. The zero-order chi connectivity index (χ0) is 13.4. The van der Waals surface area contributed by atoms with Gasteiger partial charge in [-0.1, -0.05) is 0 Å². The van der Waals surface area contributed by atoms with Crippen molar-refractivity contribution in [1.82, 2.24) is 9.47 Å². The van der Waals surface area contributed by atoms with Crippen LogP contribution < -0.4 is 0 Å². The van der Waals surface area contributed by atoms with Crippen molar-refractivity contribution >= 4 is 11.9 Å². The number of aromatic carboxylic acids is 1. The largest absolute Gasteiger partial charge is 0.477 e. The summed E-state index contributed by atoms with van der Waals surface area (Å²) in [6.07, 6.45) is 2.04. The van der Waals surface area contributed by atoms with Crippen LogP contribution in [-0.4, -0.2) is 46.1 Å². The van der Waals surface area contributed by atoms with Crippen LogP contribution in [0, 0.1) is 0 Å². The van der Waals surface area contributed by atoms with E-state index in [9.17, 15) is 14.7 Å². The second kappa shape index (κ2) is 4.70. The maximum atomic E-state index is 12.4. The van der Waals surface area contributed by atoms with Crippen LogP contribution in [0.1, 0.15) is 39.4 Å². The summed E-state index contributed by atoms with van der Waals surface area (Å²) in [5.41, 5.74) is 1.36. The summed E-state index contributed by atoms with van der Waals surface area (Å²) in [5, 5.41) is 9.21. The number of fused-ring (bicyclic) bond motifs is 1. The number of carbonyl (C=O) groups is 2. The second-order valence-electron chi connectivity index (χ2n) is 4.90. The van der Waals surface area contributed by atoms with Crippen molar-refractivity contribution in [1.29, 1.82) is 0 Å². The molecule has 0 spiro atoms. The van der Waals surface area contributed by atoms with Gasteiger partial charge in [0.15, 0.2) is 0 Å². The summed E-state index contributed by atoms with van der Waals surface area (Å²) in [4.78, 5) is 25.5. The molecule has 1 N–H and O–H groups in total. The predicted molar refractivity (Wildman–Crippen MR) is 66.2 cm³/mol. The number of nitrogens with zero attached hydrogens (tertiary/aromatic N) is 2. The van der Waals surface area contributed by atoms with E-state index < -0.39 is 5.97 Å². The van der Waals surface area contributed by atoms with Gasteiger partial charge < -0.3 is 19.3 Å². The summed E-state index contributed by atoms with van der Waals surface area (Å²) in [5.74, 6) is -1.07. The van der Waals surface area contributed by atoms with Crippen molar-refractivity contribution in [3.63, 3.8) is 0 Å². The second-order valence-corrected chi connectivity index (χ2v) is 4.90. The molecule has 2 aliphatic rings. The Bertz CT molecular complexity index is 529. The molecule has 3 heterocycles. The van der Waals surface area contributed by atoms with Crippen LogP contribution in [-0.2, 0) is 17.9 Å². The molecule has 0 saturated carbocycles. The average molecular weight is 264 g/mol. The molecule has 1 saturated heterocycles. The fourth-order valence-corrected chi connectivity index (χ4v) is 2.78. The zero-order valence-corrected chi connectivity index (χ0v) is 10.6. The molecule has 1 amide bonds. The van der Waals surface area contributed by atoms with Crippen LogP contribution in [0.3, 0.4) is 0 Å². The van der Waals surface area contributed by atoms with E-state index in [1.165, 1.54) is 6.07 Å². The van der Waals surface area contributed by atoms with Gasteiger partial charge in [-0.05, 0) is 18.9 Å². The molecule has 6 heteroatoms. The molecule has 0 aliphatic carbocycles. The number of amides is 1. The Kier molecular flexibility index (Phi) is 3.02. The molecule has 6 nitrogen and oxygen atoms in total. The third-order valence-corrected chi connectivity index (χ3v) is 3.75. The lowest BCUT2D eigenvalue weighted by Gasteiger charge is -2.20. The molecule has 0 bridgehead atoms. The number of likely N-dealkylation sites (tertiary alicyclic amines) is 1. The van der Waals surface area contributed by atoms with Crippen molar-refractivity contribution in [3.05, 3.63) is 23.0 Å². The first-order chi connectivity index (χ1) is 9.18. The van der Waals surface area contributed by atoms with Gasteiger partial charge in [0, 0.05) is 19.6 Å². The van der Waals surface area contributed by atoms with Gasteiger partial charge in [-0.2, -0.15) is 0 Å². The highest BCUT2D eigenvalue weighted by Crippen LogP contribution is 2.23. The number of carbonyl (C=O) groups excluding carboxylic acids is 1. The van der Waals surface area contributed by atoms with Crippen LogP contribution in [0.15, 0.2) is 6.07 Å². The molecule has 0 atom stereocenters. The number of carboxylic acid groups (broad SMARTS) is 1. The van der Waals surface area contributed by atoms with Gasteiger partial charge in [-0.3, -0.25) is 4.79 Å². The van der Waals surface area contributed by atoms with Crippen molar-refractivity contribution in [2.24, 2.45) is 0 Å². The van der Waals surface area contributed by atoms with Gasteiger partial charge in [0.05, 0.1) is 24.5 Å². The smallest absolute Gasteiger partial charge is 0.352 e. The minimum absolute atomic E-state index is 0.0701. The summed E-state index contributed by atoms with van der Waals surface area (Å²) in [6, 6.07) is 1.49. The standard InChI is InChI=1S/C13H16N2O4/c16-12(14-3-1-2-4-14)9-7-10(13(17)18)15-5-6-19-8-11(9)15/h7H,1-6,8H2,(H,17,18). The maximum Gasteiger partial charge on any atom is 0.352 e. The third-order valence-electron chi connectivity index (χ3n) is 3.75. The fraction of sp³-hybridized carbons (Fsp3) is 0.538. The van der Waals surface area contributed by atoms with Crippen LogP contribution >= 0.6 is 0 Å². The minimum atomic E-state index is -0.997. The van der Waals surface area contributed by atoms with E-state index in [0.717, 1.165) is 25.9 Å². The molecule has 1 aromatic rings. The van der Waals surface area contributed by atoms with Gasteiger partial charge in [-0.25, -0.2) is 4.79 Å². The zero-order valence-electron chi connectivity index (χ0n) is 10.6. The van der Waals surface area contributed by atoms with E-state index in [1.54, 1.807) is 9.47 Å². The molecule has 3 rings (SSSR count). The molecule has 2 aliphatic heterocycles. The first-order valence-electron chi connectivity index (χ1n) is 6.51. The van der Waals surface area contributed by atoms with E-state index >= 15 is 0 Å². The van der Waals surface area contributed by atoms with Crippen molar-refractivity contribution in [2.75, 3.05) is 19.7 Å². The van der Waals surface area contributed by atoms with Crippen LogP contribution in [0.4, 0.5) is 0 Å². The summed E-state index contributed by atoms with van der Waals surface area (Å²) < 4.78 is 7.05. The Balaban J connectivity index is 2.00. The lowest BCUT2D eigenvalue weighted by atomic mass is 10.2. The van der Waals surface area contributed by atoms with Crippen molar-refractivity contribution in [2.45, 2.75) is 26.0 Å². The number of ether oxygens (including phenoxy) is 1. The molecule has 102 valence electrons. The lowest BCUT2D eigenvalue weighted by Crippen LogP contribution is -2.29. The van der Waals surface area contributed by atoms with E-state index in [2.05, 4.69) is 0 Å². The van der Waals surface area contributed by atoms with Crippen LogP contribution in [0.2, 0.25) is 0 Å². The first-order valence-corrected chi connectivity index (χ1v) is 6.51. The van der Waals surface area contributed by atoms with Crippen molar-refractivity contribution in [3.8, 4) is 0 Å². The van der Waals surface area contributed by atoms with Crippen molar-refractivity contribution < 1.29 is 19.4 Å². The Hall–Kier alpha value is -1.82. The summed E-state index contributed by atoms with van der Waals surface area (Å²) in [6.45, 7) is 2.80. The fourth-order valence-electron chi connectivity index (χ4n) is 2.78. The van der Waals surface area contributed by atoms with Crippen LogP contribution in [0.5, 0.6) is 0 Å². The van der Waals surface area contributed by atoms with Gasteiger partial charge in [0.25, 0.3) is 5.91 Å². The summed E-state index contributed by atoms with van der Waals surface area (Å²) in [7, 11) is 0. The van der Waals surface area contributed by atoms with Gasteiger partial charge in [-0.15, -0.1) is 0 Å². The van der Waals surface area contributed by atoms with Gasteiger partial charge in [0.2, 0.25) is 0 Å². The molecule has 1 fully saturated rings. The predicted octanol–water partition coefficient (Wildman–Crippen LogP) is 0.953. The molecule has 0 unspecified atom stereocenters. The number of rotatable bonds is 2. The number of carboxylic acids is 1. The molecular weight excluding hydrogens is 248 g/mol. The molecule has 0 radical (unpaired) electrons. The van der Waals surface area contributed by atoms with E-state index in [4.69, 9.17) is 4.74 Å². The molecule has 0 aromatic carbocycles. The molecular formula is C13H16N2O4. The summed E-state index contributed by atoms with van der Waals surface area (Å²) >= 11 is 0. The first kappa shape index (κ1) is 12.2. The van der Waals surface area contributed by atoms with E-state index in [0.29, 0.717) is 31.0 Å². The minimum Gasteiger partial charge on any atom is -0.477 e. The molecule has 19 heavy (non-hydrogen) atoms. The highest BCUT2D eigenvalue weighted by Gasteiger charge is 2.29. The van der Waals surface area contributed by atoms with Gasteiger partial charge >= 0.3 is 5.97 Å². The number of aromatic nitrogens is 1. The van der Waals surface area contributed by atoms with E-state index in [1.807, 2.05) is 0 Å². The topological polar surface area (TPSA) is 71.8 Å². The average Bonchev–Trinajstić information content (AvgIpc) is 3.05. The Morgan fingerprint density at radius 1 is 1.21 bits per heavy atom. The maximum absolute atomic E-state index is 12.4. The Morgan fingerprint density at radius 2 is 1.95 bits per heavy atom. The van der Waals surface area contributed by atoms with Gasteiger partial charge in [0.1, 0.15) is 5.69 Å². The number of hydrogen-bond acceptors (Lipinski definition) is 3. The monoisotopic (exact) mass is 264 g/mol. The highest BCUT2D eigenvalue weighted by atomic mass is 16.5. The van der Waals surface area contributed by atoms with Crippen LogP contribution in [0.25, 0.3) is 0 Å². The Labute approximate surface area is 110 Å². The quantitative estimate of drug-likeness (QED) is 0.863. The Morgan fingerprint density at radius 3 is 2.63 bits per heavy atom. The normalized spacial score (nSPS) is 18.4. The number of hydrogen-bond donors (Lipinski definition) is 1. The molecule has 1 aromatic heterocycles. The van der Waals surface area contributed by atoms with E-state index in [-0.39, 0.29) is 11.6 Å². The lowest BCUT2D eigenvalue weighted by molar-refractivity contribution is 0.0637. The SMILES string of the molecule is O=C(O)c1cc(C(=O)N2CCCC2)c2n1CCOC2.